The smallest absolute Gasteiger partial charge is 0.166 e. The van der Waals surface area contributed by atoms with E-state index in [1.165, 1.54) is 5.56 Å². The molecule has 2 N–H and O–H groups in total. The molecule has 24 heavy (non-hydrogen) atoms. The van der Waals surface area contributed by atoms with Crippen LogP contribution in [0.25, 0.3) is 0 Å². The van der Waals surface area contributed by atoms with Gasteiger partial charge in [-0.2, -0.15) is 0 Å². The maximum Gasteiger partial charge on any atom is 0.166 e. The Morgan fingerprint density at radius 1 is 1.12 bits per heavy atom. The number of carbonyl (C=O) groups excluding carboxylic acids is 1. The average molecular weight is 322 g/mol. The maximum absolute atomic E-state index is 12.8. The number of nitrogens with two attached hydrogens (primary N) is 1. The number of Topliss-reactive ketones (excluding diaryl/α,β-unsaturated/α-hetero) is 1. The minimum absolute atomic E-state index is 0.0199. The van der Waals surface area contributed by atoms with Crippen LogP contribution in [-0.2, 0) is 6.42 Å². The van der Waals surface area contributed by atoms with Crippen molar-refractivity contribution < 1.29 is 4.79 Å². The molecule has 0 spiro atoms. The van der Waals surface area contributed by atoms with Gasteiger partial charge in [-0.05, 0) is 31.7 Å². The van der Waals surface area contributed by atoms with Crippen molar-refractivity contribution in [3.05, 3.63) is 71.8 Å². The van der Waals surface area contributed by atoms with Crippen molar-refractivity contribution in [3.63, 3.8) is 0 Å². The quantitative estimate of drug-likeness (QED) is 0.857. The predicted octanol–water partition coefficient (Wildman–Crippen LogP) is 3.50. The van der Waals surface area contributed by atoms with Crippen molar-refractivity contribution in [2.45, 2.75) is 38.4 Å². The number of rotatable bonds is 5. The molecule has 3 nitrogen and oxygen atoms in total. The zero-order chi connectivity index (χ0) is 16.9. The van der Waals surface area contributed by atoms with Crippen LogP contribution >= 0.6 is 0 Å². The highest BCUT2D eigenvalue weighted by Gasteiger charge is 2.33. The number of nitrogens with zero attached hydrogens (tertiary/aromatic N) is 1. The van der Waals surface area contributed by atoms with Crippen molar-refractivity contribution >= 4 is 5.78 Å². The van der Waals surface area contributed by atoms with Gasteiger partial charge in [0.15, 0.2) is 5.78 Å². The Morgan fingerprint density at radius 3 is 2.38 bits per heavy atom. The van der Waals surface area contributed by atoms with Crippen molar-refractivity contribution in [1.29, 1.82) is 0 Å². The fraction of sp³-hybridized carbons (Fsp3) is 0.381. The molecular weight excluding hydrogens is 296 g/mol. The van der Waals surface area contributed by atoms with E-state index in [1.54, 1.807) is 0 Å². The molecule has 1 aliphatic heterocycles. The SMILES string of the molecule is CC(N)N1CCC(C(=O)c2ccccc2)CC1Cc1ccccc1. The normalized spacial score (nSPS) is 22.9. The average Bonchev–Trinajstić information content (AvgIpc) is 2.62. The predicted molar refractivity (Wildman–Crippen MR) is 97.8 cm³/mol. The molecule has 3 atom stereocenters. The minimum Gasteiger partial charge on any atom is -0.316 e. The van der Waals surface area contributed by atoms with E-state index in [9.17, 15) is 4.79 Å². The van der Waals surface area contributed by atoms with Gasteiger partial charge in [-0.25, -0.2) is 0 Å². The first-order valence-electron chi connectivity index (χ1n) is 8.79. The first-order chi connectivity index (χ1) is 11.6. The maximum atomic E-state index is 12.8. The van der Waals surface area contributed by atoms with Crippen LogP contribution in [0, 0.1) is 5.92 Å². The third-order valence-corrected chi connectivity index (χ3v) is 5.03. The topological polar surface area (TPSA) is 46.3 Å². The molecule has 0 aromatic heterocycles. The second-order valence-corrected chi connectivity index (χ2v) is 6.77. The van der Waals surface area contributed by atoms with E-state index in [1.807, 2.05) is 43.3 Å². The fourth-order valence-electron chi connectivity index (χ4n) is 3.77. The Morgan fingerprint density at radius 2 is 1.75 bits per heavy atom. The summed E-state index contributed by atoms with van der Waals surface area (Å²) in [5.41, 5.74) is 8.32. The summed E-state index contributed by atoms with van der Waals surface area (Å²) >= 11 is 0. The number of carbonyl (C=O) groups is 1. The molecule has 3 rings (SSSR count). The van der Waals surface area contributed by atoms with Crippen molar-refractivity contribution in [2.24, 2.45) is 11.7 Å². The molecule has 1 saturated heterocycles. The molecule has 1 fully saturated rings. The summed E-state index contributed by atoms with van der Waals surface area (Å²) in [6, 6.07) is 20.5. The lowest BCUT2D eigenvalue weighted by molar-refractivity contribution is 0.0604. The number of hydrogen-bond acceptors (Lipinski definition) is 3. The van der Waals surface area contributed by atoms with E-state index in [-0.39, 0.29) is 17.9 Å². The number of piperidine rings is 1. The zero-order valence-electron chi connectivity index (χ0n) is 14.3. The highest BCUT2D eigenvalue weighted by atomic mass is 16.1. The Labute approximate surface area is 144 Å². The molecule has 126 valence electrons. The number of benzene rings is 2. The summed E-state index contributed by atoms with van der Waals surface area (Å²) < 4.78 is 0. The molecule has 3 heteroatoms. The van der Waals surface area contributed by atoms with Crippen LogP contribution in [-0.4, -0.2) is 29.4 Å². The molecular formula is C21H26N2O. The van der Waals surface area contributed by atoms with Gasteiger partial charge in [0, 0.05) is 24.1 Å². The summed E-state index contributed by atoms with van der Waals surface area (Å²) in [5.74, 6) is 0.370. The largest absolute Gasteiger partial charge is 0.316 e. The van der Waals surface area contributed by atoms with Gasteiger partial charge in [0.05, 0.1) is 6.17 Å². The van der Waals surface area contributed by atoms with Crippen molar-refractivity contribution in [2.75, 3.05) is 6.54 Å². The van der Waals surface area contributed by atoms with E-state index in [0.29, 0.717) is 6.04 Å². The monoisotopic (exact) mass is 322 g/mol. The van der Waals surface area contributed by atoms with E-state index < -0.39 is 0 Å². The molecule has 3 unspecified atom stereocenters. The summed E-state index contributed by atoms with van der Waals surface area (Å²) in [5, 5.41) is 0. The molecule has 0 saturated carbocycles. The van der Waals surface area contributed by atoms with Crippen LogP contribution in [0.1, 0.15) is 35.7 Å². The van der Waals surface area contributed by atoms with Gasteiger partial charge in [-0.15, -0.1) is 0 Å². The van der Waals surface area contributed by atoms with Crippen molar-refractivity contribution in [3.8, 4) is 0 Å². The van der Waals surface area contributed by atoms with Gasteiger partial charge >= 0.3 is 0 Å². The first-order valence-corrected chi connectivity index (χ1v) is 8.79. The fourth-order valence-corrected chi connectivity index (χ4v) is 3.77. The third-order valence-electron chi connectivity index (χ3n) is 5.03. The molecule has 2 aromatic rings. The van der Waals surface area contributed by atoms with Gasteiger partial charge in [0.1, 0.15) is 0 Å². The zero-order valence-corrected chi connectivity index (χ0v) is 14.3. The Bertz CT molecular complexity index is 654. The van der Waals surface area contributed by atoms with Crippen LogP contribution in [0.4, 0.5) is 0 Å². The molecule has 0 bridgehead atoms. The highest BCUT2D eigenvalue weighted by Crippen LogP contribution is 2.29. The van der Waals surface area contributed by atoms with Gasteiger partial charge in [0.25, 0.3) is 0 Å². The van der Waals surface area contributed by atoms with Crippen molar-refractivity contribution in [1.82, 2.24) is 4.90 Å². The van der Waals surface area contributed by atoms with Gasteiger partial charge in [0.2, 0.25) is 0 Å². The van der Waals surface area contributed by atoms with Crippen LogP contribution in [0.2, 0.25) is 0 Å². The number of hydrogen-bond donors (Lipinski definition) is 1. The van der Waals surface area contributed by atoms with E-state index in [0.717, 1.165) is 31.4 Å². The Kier molecular flexibility index (Phi) is 5.44. The molecule has 1 aliphatic rings. The lowest BCUT2D eigenvalue weighted by atomic mass is 9.83. The lowest BCUT2D eigenvalue weighted by Gasteiger charge is -2.41. The van der Waals surface area contributed by atoms with Crippen LogP contribution in [0.3, 0.4) is 0 Å². The molecule has 0 radical (unpaired) electrons. The van der Waals surface area contributed by atoms with Gasteiger partial charge in [-0.1, -0.05) is 60.7 Å². The van der Waals surface area contributed by atoms with E-state index in [2.05, 4.69) is 29.2 Å². The van der Waals surface area contributed by atoms with Gasteiger partial charge < -0.3 is 5.73 Å². The van der Waals surface area contributed by atoms with E-state index >= 15 is 0 Å². The third kappa shape index (κ3) is 3.92. The summed E-state index contributed by atoms with van der Waals surface area (Å²) in [6.07, 6.45) is 2.73. The Hall–Kier alpha value is -1.97. The van der Waals surface area contributed by atoms with E-state index in [4.69, 9.17) is 5.73 Å². The second-order valence-electron chi connectivity index (χ2n) is 6.77. The first kappa shape index (κ1) is 16.9. The molecule has 1 heterocycles. The minimum atomic E-state index is 0.0199. The summed E-state index contributed by atoms with van der Waals surface area (Å²) in [7, 11) is 0. The number of likely N-dealkylation sites (tertiary alicyclic amines) is 1. The Balaban J connectivity index is 1.75. The molecule has 0 aliphatic carbocycles. The molecule has 2 aromatic carbocycles. The highest BCUT2D eigenvalue weighted by molar-refractivity contribution is 5.97. The lowest BCUT2D eigenvalue weighted by Crippen LogP contribution is -2.52. The van der Waals surface area contributed by atoms with Crippen LogP contribution in [0.5, 0.6) is 0 Å². The standard InChI is InChI=1S/C21H26N2O/c1-16(22)23-13-12-19(21(24)18-10-6-3-7-11-18)15-20(23)14-17-8-4-2-5-9-17/h2-11,16,19-20H,12-15,22H2,1H3. The van der Waals surface area contributed by atoms with Crippen LogP contribution < -0.4 is 5.73 Å². The van der Waals surface area contributed by atoms with Gasteiger partial charge in [-0.3, -0.25) is 9.69 Å². The molecule has 0 amide bonds. The summed E-state index contributed by atoms with van der Waals surface area (Å²) in [4.78, 5) is 15.2. The number of ketones is 1. The second kappa shape index (κ2) is 7.73. The summed E-state index contributed by atoms with van der Waals surface area (Å²) in [6.45, 7) is 2.93. The van der Waals surface area contributed by atoms with Crippen LogP contribution in [0.15, 0.2) is 60.7 Å².